The maximum Gasteiger partial charge on any atom is 0.303 e. The van der Waals surface area contributed by atoms with Crippen molar-refractivity contribution in [3.63, 3.8) is 0 Å². The molecule has 0 bridgehead atoms. The molecule has 0 saturated heterocycles. The van der Waals surface area contributed by atoms with Crippen molar-refractivity contribution in [3.05, 3.63) is 76.4 Å². The Hall–Kier alpha value is -3.25. The second-order valence-corrected chi connectivity index (χ2v) is 7.69. The second kappa shape index (κ2) is 8.24. The maximum absolute atomic E-state index is 12.8. The van der Waals surface area contributed by atoms with Crippen LogP contribution < -0.4 is 0 Å². The van der Waals surface area contributed by atoms with E-state index in [1.54, 1.807) is 0 Å². The fourth-order valence-electron chi connectivity index (χ4n) is 3.62. The number of aryl methyl sites for hydroxylation is 1. The lowest BCUT2D eigenvalue weighted by Gasteiger charge is -2.23. The summed E-state index contributed by atoms with van der Waals surface area (Å²) >= 11 is 6.53. The van der Waals surface area contributed by atoms with Gasteiger partial charge in [0.1, 0.15) is 5.15 Å². The van der Waals surface area contributed by atoms with Crippen LogP contribution in [-0.2, 0) is 9.59 Å². The van der Waals surface area contributed by atoms with Gasteiger partial charge in [0.15, 0.2) is 0 Å². The number of nitrogens with zero attached hydrogens (tertiary/aromatic N) is 3. The molecular formula is C23H20ClN3O3. The third-order valence-electron chi connectivity index (χ3n) is 5.14. The SMILES string of the molecule is Cc1ccc2cc(C3CC(c4ccccc4)=NN3C(=O)CCC(=O)O)c(Cl)nc2c1. The van der Waals surface area contributed by atoms with Crippen molar-refractivity contribution >= 4 is 40.1 Å². The summed E-state index contributed by atoms with van der Waals surface area (Å²) in [6, 6.07) is 17.0. The molecule has 0 saturated carbocycles. The molecule has 1 aromatic heterocycles. The van der Waals surface area contributed by atoms with Crippen molar-refractivity contribution in [3.8, 4) is 0 Å². The fraction of sp³-hybridized carbons (Fsp3) is 0.217. The Balaban J connectivity index is 1.74. The van der Waals surface area contributed by atoms with Crippen molar-refractivity contribution in [2.24, 2.45) is 5.10 Å². The van der Waals surface area contributed by atoms with Crippen LogP contribution in [0.3, 0.4) is 0 Å². The Morgan fingerprint density at radius 3 is 2.63 bits per heavy atom. The lowest BCUT2D eigenvalue weighted by atomic mass is 9.98. The normalized spacial score (nSPS) is 16.0. The minimum Gasteiger partial charge on any atom is -0.481 e. The first kappa shape index (κ1) is 20.0. The molecule has 1 N–H and O–H groups in total. The van der Waals surface area contributed by atoms with E-state index in [2.05, 4.69) is 10.1 Å². The summed E-state index contributed by atoms with van der Waals surface area (Å²) in [6.45, 7) is 1.99. The molecule has 4 rings (SSSR count). The number of carbonyl (C=O) groups is 2. The predicted molar refractivity (Wildman–Crippen MR) is 116 cm³/mol. The van der Waals surface area contributed by atoms with Crippen LogP contribution in [-0.4, -0.2) is 32.7 Å². The van der Waals surface area contributed by atoms with E-state index < -0.39 is 12.0 Å². The van der Waals surface area contributed by atoms with Crippen LogP contribution in [0, 0.1) is 6.92 Å². The summed E-state index contributed by atoms with van der Waals surface area (Å²) < 4.78 is 0. The highest BCUT2D eigenvalue weighted by Gasteiger charge is 2.34. The number of pyridine rings is 1. The third-order valence-corrected chi connectivity index (χ3v) is 5.44. The van der Waals surface area contributed by atoms with E-state index in [-0.39, 0.29) is 18.7 Å². The molecule has 1 atom stereocenters. The van der Waals surface area contributed by atoms with Gasteiger partial charge in [0.25, 0.3) is 0 Å². The monoisotopic (exact) mass is 421 g/mol. The quantitative estimate of drug-likeness (QED) is 0.603. The number of carboxylic acid groups (broad SMARTS) is 1. The highest BCUT2D eigenvalue weighted by atomic mass is 35.5. The Morgan fingerprint density at radius 1 is 1.13 bits per heavy atom. The van der Waals surface area contributed by atoms with Gasteiger partial charge in [0, 0.05) is 23.8 Å². The first-order valence-corrected chi connectivity index (χ1v) is 10.0. The van der Waals surface area contributed by atoms with Crippen LogP contribution in [0.4, 0.5) is 0 Å². The molecule has 1 amide bonds. The van der Waals surface area contributed by atoms with Crippen LogP contribution in [0.1, 0.15) is 42.0 Å². The summed E-state index contributed by atoms with van der Waals surface area (Å²) in [4.78, 5) is 28.3. The average molecular weight is 422 g/mol. The minimum atomic E-state index is -1.02. The van der Waals surface area contributed by atoms with Crippen LogP contribution in [0.5, 0.6) is 0 Å². The lowest BCUT2D eigenvalue weighted by Crippen LogP contribution is -2.27. The van der Waals surface area contributed by atoms with Gasteiger partial charge in [-0.05, 0) is 30.2 Å². The van der Waals surface area contributed by atoms with Gasteiger partial charge in [0.05, 0.1) is 23.7 Å². The molecule has 7 heteroatoms. The molecule has 0 aliphatic carbocycles. The average Bonchev–Trinajstić information content (AvgIpc) is 3.17. The number of hydrogen-bond acceptors (Lipinski definition) is 4. The van der Waals surface area contributed by atoms with Crippen molar-refractivity contribution < 1.29 is 14.7 Å². The zero-order chi connectivity index (χ0) is 21.3. The van der Waals surface area contributed by atoms with E-state index in [0.717, 1.165) is 27.7 Å². The van der Waals surface area contributed by atoms with Gasteiger partial charge >= 0.3 is 5.97 Å². The molecule has 1 aliphatic heterocycles. The second-order valence-electron chi connectivity index (χ2n) is 7.33. The Kier molecular flexibility index (Phi) is 5.50. The first-order valence-electron chi connectivity index (χ1n) is 9.66. The number of carboxylic acids is 1. The topological polar surface area (TPSA) is 82.9 Å². The van der Waals surface area contributed by atoms with Crippen molar-refractivity contribution in [2.75, 3.05) is 0 Å². The summed E-state index contributed by atoms with van der Waals surface area (Å²) in [5, 5.41) is 16.1. The molecule has 3 aromatic rings. The molecule has 0 radical (unpaired) electrons. The zero-order valence-electron chi connectivity index (χ0n) is 16.4. The molecule has 152 valence electrons. The Bertz CT molecular complexity index is 1160. The van der Waals surface area contributed by atoms with Crippen molar-refractivity contribution in [2.45, 2.75) is 32.2 Å². The number of hydrazone groups is 1. The number of rotatable bonds is 5. The Labute approximate surface area is 178 Å². The van der Waals surface area contributed by atoms with Crippen LogP contribution in [0.25, 0.3) is 10.9 Å². The van der Waals surface area contributed by atoms with E-state index in [0.29, 0.717) is 17.1 Å². The number of amides is 1. The highest BCUT2D eigenvalue weighted by molar-refractivity contribution is 6.30. The summed E-state index contributed by atoms with van der Waals surface area (Å²) in [6.07, 6.45) is 0.0953. The number of hydrogen-bond donors (Lipinski definition) is 1. The number of aromatic nitrogens is 1. The highest BCUT2D eigenvalue weighted by Crippen LogP contribution is 2.37. The van der Waals surface area contributed by atoms with Gasteiger partial charge in [-0.15, -0.1) is 0 Å². The van der Waals surface area contributed by atoms with Gasteiger partial charge in [0.2, 0.25) is 5.91 Å². The van der Waals surface area contributed by atoms with E-state index in [4.69, 9.17) is 16.7 Å². The van der Waals surface area contributed by atoms with Crippen molar-refractivity contribution in [1.82, 2.24) is 9.99 Å². The van der Waals surface area contributed by atoms with Gasteiger partial charge in [-0.2, -0.15) is 5.10 Å². The van der Waals surface area contributed by atoms with Crippen LogP contribution >= 0.6 is 11.6 Å². The molecule has 30 heavy (non-hydrogen) atoms. The fourth-order valence-corrected chi connectivity index (χ4v) is 3.89. The molecule has 2 aromatic carbocycles. The number of benzene rings is 2. The number of carbonyl (C=O) groups excluding carboxylic acids is 1. The van der Waals surface area contributed by atoms with Gasteiger partial charge in [-0.3, -0.25) is 9.59 Å². The molecule has 1 unspecified atom stereocenters. The molecule has 0 fully saturated rings. The van der Waals surface area contributed by atoms with Crippen LogP contribution in [0.2, 0.25) is 5.15 Å². The summed E-state index contributed by atoms with van der Waals surface area (Å²) in [7, 11) is 0. The number of aliphatic carboxylic acids is 1. The Morgan fingerprint density at radius 2 is 1.90 bits per heavy atom. The molecular weight excluding hydrogens is 402 g/mol. The zero-order valence-corrected chi connectivity index (χ0v) is 17.1. The predicted octanol–water partition coefficient (Wildman–Crippen LogP) is 4.74. The van der Waals surface area contributed by atoms with Crippen LogP contribution in [0.15, 0.2) is 59.7 Å². The smallest absolute Gasteiger partial charge is 0.303 e. The van der Waals surface area contributed by atoms with E-state index in [1.807, 2.05) is 61.5 Å². The molecule has 0 spiro atoms. The molecule has 1 aliphatic rings. The van der Waals surface area contributed by atoms with E-state index in [9.17, 15) is 9.59 Å². The minimum absolute atomic E-state index is 0.130. The molecule has 2 heterocycles. The van der Waals surface area contributed by atoms with E-state index >= 15 is 0 Å². The molecule has 6 nitrogen and oxygen atoms in total. The number of fused-ring (bicyclic) bond motifs is 1. The lowest BCUT2D eigenvalue weighted by molar-refractivity contribution is -0.141. The van der Waals surface area contributed by atoms with Gasteiger partial charge < -0.3 is 5.11 Å². The van der Waals surface area contributed by atoms with Gasteiger partial charge in [-0.1, -0.05) is 54.1 Å². The first-order chi connectivity index (χ1) is 14.4. The number of halogens is 1. The maximum atomic E-state index is 12.8. The standard InChI is InChI=1S/C23H20ClN3O3/c1-14-7-8-16-12-17(23(24)25-18(16)11-14)20-13-19(15-5-3-2-4-6-15)26-27(20)21(28)9-10-22(29)30/h2-8,11-12,20H,9-10,13H2,1H3,(H,29,30). The van der Waals surface area contributed by atoms with Crippen molar-refractivity contribution in [1.29, 1.82) is 0 Å². The summed E-state index contributed by atoms with van der Waals surface area (Å²) in [5.41, 5.74) is 4.24. The van der Waals surface area contributed by atoms with E-state index in [1.165, 1.54) is 5.01 Å². The largest absolute Gasteiger partial charge is 0.481 e. The summed E-state index contributed by atoms with van der Waals surface area (Å²) in [5.74, 6) is -1.37. The third kappa shape index (κ3) is 4.04. The van der Waals surface area contributed by atoms with Gasteiger partial charge in [-0.25, -0.2) is 9.99 Å².